The van der Waals surface area contributed by atoms with Gasteiger partial charge in [0.1, 0.15) is 18.0 Å². The lowest BCUT2D eigenvalue weighted by Gasteiger charge is -2.34. The van der Waals surface area contributed by atoms with Crippen molar-refractivity contribution in [3.05, 3.63) is 11.6 Å². The lowest BCUT2D eigenvalue weighted by atomic mass is 9.84. The number of H-pyrrole nitrogens is 1. The second-order valence-electron chi connectivity index (χ2n) is 4.25. The first kappa shape index (κ1) is 11.5. The number of hydrogen-bond donors (Lipinski definition) is 2. The first-order chi connectivity index (χ1) is 7.80. The fourth-order valence-corrected chi connectivity index (χ4v) is 2.40. The first-order valence-corrected chi connectivity index (χ1v) is 5.97. The number of aliphatic hydroxyl groups is 1. The molecule has 5 nitrogen and oxygen atoms in total. The summed E-state index contributed by atoms with van der Waals surface area (Å²) in [6.07, 6.45) is 5.52. The van der Waals surface area contributed by atoms with E-state index in [1.807, 2.05) is 6.92 Å². The Kier molecular flexibility index (Phi) is 3.56. The van der Waals surface area contributed by atoms with Gasteiger partial charge in [-0.15, -0.1) is 0 Å². The summed E-state index contributed by atoms with van der Waals surface area (Å²) < 4.78 is 5.89. The summed E-state index contributed by atoms with van der Waals surface area (Å²) in [7, 11) is 0. The number of rotatable bonds is 4. The highest BCUT2D eigenvalue weighted by molar-refractivity contribution is 5.04. The van der Waals surface area contributed by atoms with Crippen LogP contribution in [0.2, 0.25) is 0 Å². The van der Waals surface area contributed by atoms with Gasteiger partial charge >= 0.3 is 0 Å². The van der Waals surface area contributed by atoms with Gasteiger partial charge in [0.15, 0.2) is 5.82 Å². The summed E-state index contributed by atoms with van der Waals surface area (Å²) in [6.45, 7) is 2.56. The molecule has 0 atom stereocenters. The van der Waals surface area contributed by atoms with E-state index in [2.05, 4.69) is 15.2 Å². The molecule has 1 heterocycles. The monoisotopic (exact) mass is 225 g/mol. The van der Waals surface area contributed by atoms with Crippen molar-refractivity contribution in [2.24, 2.45) is 0 Å². The van der Waals surface area contributed by atoms with Crippen LogP contribution < -0.4 is 0 Å². The first-order valence-electron chi connectivity index (χ1n) is 5.97. The van der Waals surface area contributed by atoms with Crippen molar-refractivity contribution in [1.82, 2.24) is 15.2 Å². The zero-order valence-electron chi connectivity index (χ0n) is 9.70. The molecule has 0 aliphatic heterocycles. The summed E-state index contributed by atoms with van der Waals surface area (Å²) in [6, 6.07) is 0. The van der Waals surface area contributed by atoms with Crippen LogP contribution in [0.5, 0.6) is 0 Å². The van der Waals surface area contributed by atoms with E-state index in [-0.39, 0.29) is 12.2 Å². The van der Waals surface area contributed by atoms with Crippen LogP contribution in [0.3, 0.4) is 0 Å². The summed E-state index contributed by atoms with van der Waals surface area (Å²) in [5.74, 6) is 1.22. The summed E-state index contributed by atoms with van der Waals surface area (Å²) in [5.41, 5.74) is -0.322. The Labute approximate surface area is 95.2 Å². The molecular formula is C11H19N3O2. The van der Waals surface area contributed by atoms with E-state index < -0.39 is 0 Å². The SMILES string of the molecule is CCOC1(c2n[nH]c(CO)n2)CCCCC1. The van der Waals surface area contributed by atoms with Crippen molar-refractivity contribution in [3.63, 3.8) is 0 Å². The molecule has 1 aromatic heterocycles. The van der Waals surface area contributed by atoms with Crippen LogP contribution in [0.15, 0.2) is 0 Å². The number of aromatic nitrogens is 3. The highest BCUT2D eigenvalue weighted by Crippen LogP contribution is 2.38. The molecule has 0 spiro atoms. The van der Waals surface area contributed by atoms with Gasteiger partial charge in [0.25, 0.3) is 0 Å². The number of nitrogens with zero attached hydrogens (tertiary/aromatic N) is 2. The molecule has 1 fully saturated rings. The Morgan fingerprint density at radius 2 is 2.12 bits per heavy atom. The molecule has 1 saturated carbocycles. The number of aliphatic hydroxyl groups excluding tert-OH is 1. The number of hydrogen-bond acceptors (Lipinski definition) is 4. The number of nitrogens with one attached hydrogen (secondary N) is 1. The molecule has 2 N–H and O–H groups in total. The van der Waals surface area contributed by atoms with E-state index in [0.29, 0.717) is 18.3 Å². The van der Waals surface area contributed by atoms with Gasteiger partial charge in [-0.25, -0.2) is 4.98 Å². The van der Waals surface area contributed by atoms with Crippen molar-refractivity contribution in [2.75, 3.05) is 6.61 Å². The summed E-state index contributed by atoms with van der Waals surface area (Å²) in [5, 5.41) is 15.9. The molecule has 0 unspecified atom stereocenters. The molecule has 0 aromatic carbocycles. The van der Waals surface area contributed by atoms with Gasteiger partial charge < -0.3 is 9.84 Å². The average molecular weight is 225 g/mol. The molecule has 5 heteroatoms. The maximum Gasteiger partial charge on any atom is 0.182 e. The molecule has 1 aliphatic carbocycles. The van der Waals surface area contributed by atoms with Crippen molar-refractivity contribution in [3.8, 4) is 0 Å². The van der Waals surface area contributed by atoms with Crippen LogP contribution in [-0.4, -0.2) is 26.9 Å². The van der Waals surface area contributed by atoms with Crippen LogP contribution in [0.25, 0.3) is 0 Å². The Bertz CT molecular complexity index is 326. The molecule has 0 radical (unpaired) electrons. The minimum atomic E-state index is -0.322. The molecule has 0 saturated heterocycles. The van der Waals surface area contributed by atoms with Gasteiger partial charge in [0, 0.05) is 6.61 Å². The Balaban J connectivity index is 2.23. The van der Waals surface area contributed by atoms with E-state index in [9.17, 15) is 0 Å². The fraction of sp³-hybridized carbons (Fsp3) is 0.818. The average Bonchev–Trinajstić information content (AvgIpc) is 2.80. The van der Waals surface area contributed by atoms with Gasteiger partial charge in [0.05, 0.1) is 0 Å². The van der Waals surface area contributed by atoms with E-state index in [1.165, 1.54) is 6.42 Å². The highest BCUT2D eigenvalue weighted by Gasteiger charge is 2.38. The minimum absolute atomic E-state index is 0.102. The lowest BCUT2D eigenvalue weighted by Crippen LogP contribution is -2.33. The Hall–Kier alpha value is -0.940. The second-order valence-corrected chi connectivity index (χ2v) is 4.25. The van der Waals surface area contributed by atoms with Crippen molar-refractivity contribution < 1.29 is 9.84 Å². The fourth-order valence-electron chi connectivity index (χ4n) is 2.40. The third kappa shape index (κ3) is 2.10. The van der Waals surface area contributed by atoms with Crippen LogP contribution in [-0.2, 0) is 16.9 Å². The van der Waals surface area contributed by atoms with E-state index in [1.54, 1.807) is 0 Å². The van der Waals surface area contributed by atoms with Crippen LogP contribution >= 0.6 is 0 Å². The van der Waals surface area contributed by atoms with E-state index >= 15 is 0 Å². The third-order valence-corrected chi connectivity index (χ3v) is 3.17. The van der Waals surface area contributed by atoms with Crippen LogP contribution in [0, 0.1) is 0 Å². The molecule has 0 bridgehead atoms. The normalized spacial score (nSPS) is 19.9. The van der Waals surface area contributed by atoms with Gasteiger partial charge in [-0.3, -0.25) is 5.10 Å². The predicted molar refractivity (Wildman–Crippen MR) is 58.7 cm³/mol. The molecule has 1 aliphatic rings. The standard InChI is InChI=1S/C11H19N3O2/c1-2-16-11(6-4-3-5-7-11)10-12-9(8-15)13-14-10/h15H,2-8H2,1H3,(H,12,13,14). The maximum absolute atomic E-state index is 8.99. The van der Waals surface area contributed by atoms with Crippen molar-refractivity contribution in [2.45, 2.75) is 51.2 Å². The maximum atomic E-state index is 8.99. The smallest absolute Gasteiger partial charge is 0.182 e. The van der Waals surface area contributed by atoms with Crippen LogP contribution in [0.4, 0.5) is 0 Å². The van der Waals surface area contributed by atoms with Gasteiger partial charge in [-0.2, -0.15) is 5.10 Å². The van der Waals surface area contributed by atoms with Gasteiger partial charge in [-0.05, 0) is 19.8 Å². The second kappa shape index (κ2) is 4.93. The lowest BCUT2D eigenvalue weighted by molar-refractivity contribution is -0.0765. The van der Waals surface area contributed by atoms with E-state index in [4.69, 9.17) is 9.84 Å². The van der Waals surface area contributed by atoms with Gasteiger partial charge in [0.2, 0.25) is 0 Å². The number of ether oxygens (including phenoxy) is 1. The summed E-state index contributed by atoms with van der Waals surface area (Å²) in [4.78, 5) is 4.30. The molecule has 2 rings (SSSR count). The van der Waals surface area contributed by atoms with E-state index in [0.717, 1.165) is 25.7 Å². The largest absolute Gasteiger partial charge is 0.388 e. The van der Waals surface area contributed by atoms with Crippen LogP contribution in [0.1, 0.15) is 50.7 Å². The Morgan fingerprint density at radius 1 is 1.38 bits per heavy atom. The van der Waals surface area contributed by atoms with Gasteiger partial charge in [-0.1, -0.05) is 19.3 Å². The minimum Gasteiger partial charge on any atom is -0.388 e. The predicted octanol–water partition coefficient (Wildman–Crippen LogP) is 1.49. The topological polar surface area (TPSA) is 71.0 Å². The molecule has 90 valence electrons. The highest BCUT2D eigenvalue weighted by atomic mass is 16.5. The van der Waals surface area contributed by atoms with Crippen molar-refractivity contribution in [1.29, 1.82) is 0 Å². The zero-order valence-corrected chi connectivity index (χ0v) is 9.70. The molecular weight excluding hydrogens is 206 g/mol. The summed E-state index contributed by atoms with van der Waals surface area (Å²) >= 11 is 0. The molecule has 16 heavy (non-hydrogen) atoms. The third-order valence-electron chi connectivity index (χ3n) is 3.17. The number of aromatic amines is 1. The zero-order chi connectivity index (χ0) is 11.4. The molecule has 0 amide bonds. The Morgan fingerprint density at radius 3 is 2.69 bits per heavy atom. The molecule has 1 aromatic rings. The van der Waals surface area contributed by atoms with Crippen molar-refractivity contribution >= 4 is 0 Å². The quantitative estimate of drug-likeness (QED) is 0.814.